The maximum Gasteiger partial charge on any atom is 0.287 e. The van der Waals surface area contributed by atoms with Crippen molar-refractivity contribution in [2.45, 2.75) is 13.0 Å². The number of aromatic nitrogens is 2. The van der Waals surface area contributed by atoms with E-state index in [4.69, 9.17) is 4.42 Å². The lowest BCUT2D eigenvalue weighted by atomic mass is 10.2. The number of furan rings is 1. The molecule has 2 aromatic carbocycles. The maximum atomic E-state index is 12.4. The number of carbonyl (C=O) groups is 1. The van der Waals surface area contributed by atoms with Crippen molar-refractivity contribution in [2.75, 3.05) is 6.54 Å². The molecule has 130 valence electrons. The van der Waals surface area contributed by atoms with Gasteiger partial charge in [0.05, 0.1) is 17.2 Å². The average Bonchev–Trinajstić information content (AvgIpc) is 3.11. The largest absolute Gasteiger partial charge is 0.451 e. The molecule has 2 aromatic heterocycles. The third-order valence-electron chi connectivity index (χ3n) is 4.24. The van der Waals surface area contributed by atoms with E-state index in [1.54, 1.807) is 23.0 Å². The van der Waals surface area contributed by atoms with Gasteiger partial charge in [-0.25, -0.2) is 4.98 Å². The van der Waals surface area contributed by atoms with Gasteiger partial charge in [0.25, 0.3) is 11.5 Å². The molecule has 0 radical (unpaired) electrons. The number of nitrogens with zero attached hydrogens (tertiary/aromatic N) is 2. The van der Waals surface area contributed by atoms with Crippen LogP contribution in [-0.4, -0.2) is 22.0 Å². The first-order valence-corrected chi connectivity index (χ1v) is 8.43. The first-order chi connectivity index (χ1) is 12.7. The average molecular weight is 347 g/mol. The molecule has 4 rings (SSSR count). The summed E-state index contributed by atoms with van der Waals surface area (Å²) in [7, 11) is 0. The van der Waals surface area contributed by atoms with Crippen LogP contribution in [0.5, 0.6) is 0 Å². The van der Waals surface area contributed by atoms with Gasteiger partial charge >= 0.3 is 0 Å². The van der Waals surface area contributed by atoms with Crippen LogP contribution >= 0.6 is 0 Å². The number of nitrogens with one attached hydrogen (secondary N) is 1. The Labute approximate surface area is 149 Å². The number of benzene rings is 2. The van der Waals surface area contributed by atoms with E-state index in [1.165, 1.54) is 0 Å². The number of fused-ring (bicyclic) bond motifs is 2. The van der Waals surface area contributed by atoms with Crippen molar-refractivity contribution in [2.24, 2.45) is 0 Å². The van der Waals surface area contributed by atoms with Crippen molar-refractivity contribution in [1.82, 2.24) is 14.9 Å². The van der Waals surface area contributed by atoms with E-state index in [1.807, 2.05) is 42.5 Å². The first kappa shape index (κ1) is 16.1. The van der Waals surface area contributed by atoms with Gasteiger partial charge in [0.1, 0.15) is 5.58 Å². The summed E-state index contributed by atoms with van der Waals surface area (Å²) >= 11 is 0. The highest BCUT2D eigenvalue weighted by Gasteiger charge is 2.11. The lowest BCUT2D eigenvalue weighted by molar-refractivity contribution is 0.0927. The minimum absolute atomic E-state index is 0.0702. The monoisotopic (exact) mass is 347 g/mol. The van der Waals surface area contributed by atoms with Gasteiger partial charge in [-0.1, -0.05) is 30.3 Å². The number of rotatable bonds is 5. The van der Waals surface area contributed by atoms with Crippen molar-refractivity contribution in [3.8, 4) is 0 Å². The van der Waals surface area contributed by atoms with Gasteiger partial charge in [-0.15, -0.1) is 0 Å². The molecule has 0 aliphatic carbocycles. The molecule has 6 nitrogen and oxygen atoms in total. The Hall–Kier alpha value is -3.41. The molecule has 0 saturated carbocycles. The first-order valence-electron chi connectivity index (χ1n) is 8.43. The van der Waals surface area contributed by atoms with Crippen molar-refractivity contribution in [3.63, 3.8) is 0 Å². The maximum absolute atomic E-state index is 12.4. The molecule has 1 N–H and O–H groups in total. The summed E-state index contributed by atoms with van der Waals surface area (Å²) in [6.45, 7) is 0.923. The van der Waals surface area contributed by atoms with Crippen LogP contribution in [0.3, 0.4) is 0 Å². The highest BCUT2D eigenvalue weighted by Crippen LogP contribution is 2.18. The zero-order chi connectivity index (χ0) is 17.9. The molecule has 0 saturated heterocycles. The molecule has 1 amide bonds. The molecule has 0 atom stereocenters. The molecule has 0 aliphatic rings. The Morgan fingerprint density at radius 1 is 1.12 bits per heavy atom. The lowest BCUT2D eigenvalue weighted by Gasteiger charge is -2.07. The summed E-state index contributed by atoms with van der Waals surface area (Å²) in [6, 6.07) is 16.5. The van der Waals surface area contributed by atoms with Gasteiger partial charge in [-0.3, -0.25) is 14.2 Å². The van der Waals surface area contributed by atoms with Crippen LogP contribution in [0.2, 0.25) is 0 Å². The van der Waals surface area contributed by atoms with Crippen molar-refractivity contribution >= 4 is 27.8 Å². The van der Waals surface area contributed by atoms with Crippen LogP contribution in [-0.2, 0) is 6.54 Å². The Morgan fingerprint density at radius 3 is 2.81 bits per heavy atom. The Kier molecular flexibility index (Phi) is 4.23. The normalized spacial score (nSPS) is 11.1. The van der Waals surface area contributed by atoms with Crippen molar-refractivity contribution < 1.29 is 9.21 Å². The number of aryl methyl sites for hydroxylation is 1. The molecule has 0 bridgehead atoms. The highest BCUT2D eigenvalue weighted by atomic mass is 16.3. The Bertz CT molecular complexity index is 1110. The smallest absolute Gasteiger partial charge is 0.287 e. The van der Waals surface area contributed by atoms with Gasteiger partial charge in [0, 0.05) is 18.5 Å². The van der Waals surface area contributed by atoms with Crippen molar-refractivity contribution in [1.29, 1.82) is 0 Å². The second-order valence-corrected chi connectivity index (χ2v) is 6.02. The number of amides is 1. The summed E-state index contributed by atoms with van der Waals surface area (Å²) in [5, 5.41) is 4.31. The number of hydrogen-bond donors (Lipinski definition) is 1. The summed E-state index contributed by atoms with van der Waals surface area (Å²) in [4.78, 5) is 28.9. The molecule has 0 fully saturated rings. The summed E-state index contributed by atoms with van der Waals surface area (Å²) < 4.78 is 7.10. The van der Waals surface area contributed by atoms with Gasteiger partial charge in [-0.2, -0.15) is 0 Å². The van der Waals surface area contributed by atoms with Crippen LogP contribution < -0.4 is 10.9 Å². The quantitative estimate of drug-likeness (QED) is 0.563. The van der Waals surface area contributed by atoms with Gasteiger partial charge < -0.3 is 9.73 Å². The van der Waals surface area contributed by atoms with Crippen LogP contribution in [0.4, 0.5) is 0 Å². The lowest BCUT2D eigenvalue weighted by Crippen LogP contribution is -2.27. The standard InChI is InChI=1S/C20H17N3O3/c24-19(18-12-14-6-1-4-9-17(14)26-18)21-10-5-11-23-13-22-16-8-3-2-7-15(16)20(23)25/h1-4,6-9,12-13H,5,10-11H2,(H,21,24). The molecule has 6 heteroatoms. The van der Waals surface area contributed by atoms with E-state index in [0.717, 1.165) is 5.39 Å². The van der Waals surface area contributed by atoms with E-state index in [0.29, 0.717) is 36.0 Å². The van der Waals surface area contributed by atoms with E-state index in [2.05, 4.69) is 10.3 Å². The second kappa shape index (κ2) is 6.84. The molecule has 2 heterocycles. The van der Waals surface area contributed by atoms with Crippen LogP contribution in [0.25, 0.3) is 21.9 Å². The minimum atomic E-state index is -0.259. The molecule has 0 aliphatic heterocycles. The number of para-hydroxylation sites is 2. The minimum Gasteiger partial charge on any atom is -0.451 e. The van der Waals surface area contributed by atoms with Gasteiger partial charge in [-0.05, 0) is 30.7 Å². The zero-order valence-corrected chi connectivity index (χ0v) is 14.0. The van der Waals surface area contributed by atoms with E-state index >= 15 is 0 Å². The number of hydrogen-bond acceptors (Lipinski definition) is 4. The fourth-order valence-electron chi connectivity index (χ4n) is 2.90. The van der Waals surface area contributed by atoms with Crippen LogP contribution in [0.1, 0.15) is 17.0 Å². The second-order valence-electron chi connectivity index (χ2n) is 6.02. The third-order valence-corrected chi connectivity index (χ3v) is 4.24. The molecule has 0 spiro atoms. The van der Waals surface area contributed by atoms with E-state index in [-0.39, 0.29) is 17.2 Å². The molecular formula is C20H17N3O3. The van der Waals surface area contributed by atoms with Gasteiger partial charge in [0.15, 0.2) is 5.76 Å². The molecule has 4 aromatic rings. The van der Waals surface area contributed by atoms with E-state index in [9.17, 15) is 9.59 Å². The Balaban J connectivity index is 1.37. The highest BCUT2D eigenvalue weighted by molar-refractivity contribution is 5.96. The molecule has 0 unspecified atom stereocenters. The third kappa shape index (κ3) is 3.09. The molecular weight excluding hydrogens is 330 g/mol. The van der Waals surface area contributed by atoms with Crippen LogP contribution in [0.15, 0.2) is 70.1 Å². The predicted molar refractivity (Wildman–Crippen MR) is 99.2 cm³/mol. The van der Waals surface area contributed by atoms with Crippen molar-refractivity contribution in [3.05, 3.63) is 77.0 Å². The fraction of sp³-hybridized carbons (Fsp3) is 0.150. The topological polar surface area (TPSA) is 77.1 Å². The SMILES string of the molecule is O=C(NCCCn1cnc2ccccc2c1=O)c1cc2ccccc2o1. The molecule has 26 heavy (non-hydrogen) atoms. The zero-order valence-electron chi connectivity index (χ0n) is 14.0. The summed E-state index contributed by atoms with van der Waals surface area (Å²) in [5.41, 5.74) is 1.30. The van der Waals surface area contributed by atoms with Gasteiger partial charge in [0.2, 0.25) is 0 Å². The summed E-state index contributed by atoms with van der Waals surface area (Å²) in [6.07, 6.45) is 2.16. The predicted octanol–water partition coefficient (Wildman–Crippen LogP) is 2.96. The fourth-order valence-corrected chi connectivity index (χ4v) is 2.90. The Morgan fingerprint density at radius 2 is 1.92 bits per heavy atom. The van der Waals surface area contributed by atoms with Crippen LogP contribution in [0, 0.1) is 0 Å². The van der Waals surface area contributed by atoms with E-state index < -0.39 is 0 Å². The summed E-state index contributed by atoms with van der Waals surface area (Å²) in [5.74, 6) is 0.0286. The number of carbonyl (C=O) groups excluding carboxylic acids is 1.